The topological polar surface area (TPSA) is 74.3 Å². The van der Waals surface area contributed by atoms with Crippen molar-refractivity contribution in [2.24, 2.45) is 0 Å². The fraction of sp³-hybridized carbons (Fsp3) is 0.370. The van der Waals surface area contributed by atoms with Gasteiger partial charge >= 0.3 is 0 Å². The highest BCUT2D eigenvalue weighted by Crippen LogP contribution is 2.38. The van der Waals surface area contributed by atoms with Crippen molar-refractivity contribution in [3.05, 3.63) is 69.7 Å². The van der Waals surface area contributed by atoms with E-state index in [1.165, 1.54) is 11.3 Å². The number of fused-ring (bicyclic) bond motifs is 1. The van der Waals surface area contributed by atoms with Crippen LogP contribution in [-0.2, 0) is 11.2 Å². The smallest absolute Gasteiger partial charge is 0.257 e. The number of anilines is 3. The van der Waals surface area contributed by atoms with Crippen LogP contribution in [0, 0.1) is 13.8 Å². The van der Waals surface area contributed by atoms with Crippen molar-refractivity contribution in [2.75, 3.05) is 28.6 Å². The second-order valence-corrected chi connectivity index (χ2v) is 9.84. The second kappa shape index (κ2) is 10.4. The number of carbonyl (C=O) groups excluding carboxylic acids is 2. The summed E-state index contributed by atoms with van der Waals surface area (Å²) in [5.41, 5.74) is 5.53. The van der Waals surface area contributed by atoms with E-state index < -0.39 is 0 Å². The van der Waals surface area contributed by atoms with E-state index in [1.54, 1.807) is 0 Å². The van der Waals surface area contributed by atoms with E-state index in [4.69, 9.17) is 0 Å². The first-order chi connectivity index (χ1) is 16.4. The molecule has 2 amide bonds. The molecular formula is C27H32N4O2S. The van der Waals surface area contributed by atoms with Crippen molar-refractivity contribution < 1.29 is 9.59 Å². The summed E-state index contributed by atoms with van der Waals surface area (Å²) in [6.07, 6.45) is 2.57. The molecule has 3 aromatic rings. The summed E-state index contributed by atoms with van der Waals surface area (Å²) in [6, 6.07) is 13.6. The summed E-state index contributed by atoms with van der Waals surface area (Å²) >= 11 is 1.47. The largest absolute Gasteiger partial charge is 0.372 e. The molecule has 4 rings (SSSR count). The zero-order chi connectivity index (χ0) is 24.2. The van der Waals surface area contributed by atoms with Crippen molar-refractivity contribution in [3.63, 3.8) is 0 Å². The average Bonchev–Trinajstić information content (AvgIpc) is 3.24. The molecule has 1 unspecified atom stereocenters. The molecule has 0 aliphatic heterocycles. The summed E-state index contributed by atoms with van der Waals surface area (Å²) in [4.78, 5) is 33.9. The average molecular weight is 477 g/mol. The second-order valence-electron chi connectivity index (χ2n) is 8.75. The van der Waals surface area contributed by atoms with Gasteiger partial charge in [-0.15, -0.1) is 11.3 Å². The van der Waals surface area contributed by atoms with E-state index in [-0.39, 0.29) is 17.7 Å². The van der Waals surface area contributed by atoms with Crippen molar-refractivity contribution in [1.29, 1.82) is 0 Å². The fourth-order valence-corrected chi connectivity index (χ4v) is 5.45. The van der Waals surface area contributed by atoms with Gasteiger partial charge in [-0.25, -0.2) is 4.98 Å². The first kappa shape index (κ1) is 24.0. The number of nitrogens with one attached hydrogen (secondary N) is 2. The van der Waals surface area contributed by atoms with Crippen LogP contribution in [0.1, 0.15) is 64.7 Å². The first-order valence-corrected chi connectivity index (χ1v) is 12.7. The maximum absolute atomic E-state index is 13.3. The van der Waals surface area contributed by atoms with Crippen LogP contribution >= 0.6 is 11.3 Å². The van der Waals surface area contributed by atoms with Gasteiger partial charge in [0.15, 0.2) is 5.13 Å². The van der Waals surface area contributed by atoms with Crippen LogP contribution in [0.15, 0.2) is 42.5 Å². The number of aryl methyl sites for hydroxylation is 3. The molecule has 0 spiro atoms. The van der Waals surface area contributed by atoms with E-state index >= 15 is 0 Å². The molecule has 2 N–H and O–H groups in total. The Labute approximate surface area is 205 Å². The Bertz CT molecular complexity index is 1180. The first-order valence-electron chi connectivity index (χ1n) is 11.9. The number of benzene rings is 2. The lowest BCUT2D eigenvalue weighted by Crippen LogP contribution is -2.25. The van der Waals surface area contributed by atoms with Gasteiger partial charge in [0, 0.05) is 34.9 Å². The van der Waals surface area contributed by atoms with Crippen LogP contribution in [-0.4, -0.2) is 29.9 Å². The lowest BCUT2D eigenvalue weighted by atomic mass is 9.90. The van der Waals surface area contributed by atoms with E-state index in [9.17, 15) is 9.59 Å². The SMILES string of the molecule is CCN(CC)c1ccc(NC(=O)C2CCCc3sc(NC(=O)c4ccc(C)cc4)nc32)c(C)c1. The maximum Gasteiger partial charge on any atom is 0.257 e. The molecular weight excluding hydrogens is 444 g/mol. The number of rotatable bonds is 7. The molecule has 34 heavy (non-hydrogen) atoms. The van der Waals surface area contributed by atoms with Crippen LogP contribution in [0.4, 0.5) is 16.5 Å². The third kappa shape index (κ3) is 5.14. The Balaban J connectivity index is 1.48. The number of carbonyl (C=O) groups is 2. The summed E-state index contributed by atoms with van der Waals surface area (Å²) in [6.45, 7) is 10.2. The molecule has 1 heterocycles. The van der Waals surface area contributed by atoms with Gasteiger partial charge in [0.05, 0.1) is 11.6 Å². The number of aromatic nitrogens is 1. The molecule has 1 aliphatic rings. The number of hydrogen-bond donors (Lipinski definition) is 2. The van der Waals surface area contributed by atoms with Gasteiger partial charge in [-0.1, -0.05) is 17.7 Å². The molecule has 0 saturated carbocycles. The number of amides is 2. The highest BCUT2D eigenvalue weighted by atomic mass is 32.1. The van der Waals surface area contributed by atoms with Crippen LogP contribution in [0.25, 0.3) is 0 Å². The molecule has 178 valence electrons. The zero-order valence-corrected chi connectivity index (χ0v) is 21.1. The molecule has 2 aromatic carbocycles. The van der Waals surface area contributed by atoms with Gasteiger partial charge in [-0.3, -0.25) is 14.9 Å². The van der Waals surface area contributed by atoms with Crippen LogP contribution in [0.2, 0.25) is 0 Å². The summed E-state index contributed by atoms with van der Waals surface area (Å²) in [5.74, 6) is -0.538. The predicted octanol–water partition coefficient (Wildman–Crippen LogP) is 5.92. The molecule has 0 radical (unpaired) electrons. The van der Waals surface area contributed by atoms with Gasteiger partial charge in [0.2, 0.25) is 5.91 Å². The normalized spacial score (nSPS) is 14.9. The molecule has 1 aromatic heterocycles. The summed E-state index contributed by atoms with van der Waals surface area (Å²) in [7, 11) is 0. The highest BCUT2D eigenvalue weighted by molar-refractivity contribution is 7.16. The summed E-state index contributed by atoms with van der Waals surface area (Å²) < 4.78 is 0. The minimum absolute atomic E-state index is 0.0404. The molecule has 1 atom stereocenters. The van der Waals surface area contributed by atoms with Crippen molar-refractivity contribution in [1.82, 2.24) is 4.98 Å². The van der Waals surface area contributed by atoms with Crippen LogP contribution < -0.4 is 15.5 Å². The van der Waals surface area contributed by atoms with E-state index in [0.717, 1.165) is 65.4 Å². The Morgan fingerprint density at radius 1 is 1.06 bits per heavy atom. The highest BCUT2D eigenvalue weighted by Gasteiger charge is 2.31. The molecule has 1 aliphatic carbocycles. The Kier molecular flexibility index (Phi) is 7.32. The molecule has 0 saturated heterocycles. The molecule has 0 fully saturated rings. The van der Waals surface area contributed by atoms with Gasteiger partial charge in [0.25, 0.3) is 5.91 Å². The van der Waals surface area contributed by atoms with Gasteiger partial charge in [-0.2, -0.15) is 0 Å². The van der Waals surface area contributed by atoms with Crippen molar-refractivity contribution in [2.45, 2.75) is 52.9 Å². The van der Waals surface area contributed by atoms with Gasteiger partial charge in [-0.05, 0) is 82.9 Å². The maximum atomic E-state index is 13.3. The molecule has 7 heteroatoms. The van der Waals surface area contributed by atoms with Crippen LogP contribution in [0.3, 0.4) is 0 Å². The van der Waals surface area contributed by atoms with Gasteiger partial charge < -0.3 is 10.2 Å². The Morgan fingerprint density at radius 3 is 2.47 bits per heavy atom. The van der Waals surface area contributed by atoms with Crippen molar-refractivity contribution >= 4 is 39.7 Å². The predicted molar refractivity (Wildman–Crippen MR) is 140 cm³/mol. The van der Waals surface area contributed by atoms with Gasteiger partial charge in [0.1, 0.15) is 0 Å². The lowest BCUT2D eigenvalue weighted by Gasteiger charge is -2.23. The lowest BCUT2D eigenvalue weighted by molar-refractivity contribution is -0.118. The number of thiazole rings is 1. The van der Waals surface area contributed by atoms with Crippen molar-refractivity contribution in [3.8, 4) is 0 Å². The molecule has 6 nitrogen and oxygen atoms in total. The fourth-order valence-electron chi connectivity index (χ4n) is 4.39. The number of hydrogen-bond acceptors (Lipinski definition) is 5. The zero-order valence-electron chi connectivity index (χ0n) is 20.3. The van der Waals surface area contributed by atoms with E-state index in [0.29, 0.717) is 10.7 Å². The van der Waals surface area contributed by atoms with Crippen LogP contribution in [0.5, 0.6) is 0 Å². The Hall–Kier alpha value is -3.19. The third-order valence-corrected chi connectivity index (χ3v) is 7.45. The third-order valence-electron chi connectivity index (χ3n) is 6.40. The Morgan fingerprint density at radius 2 is 1.79 bits per heavy atom. The molecule has 0 bridgehead atoms. The van der Waals surface area contributed by atoms with E-state index in [2.05, 4.69) is 46.5 Å². The minimum Gasteiger partial charge on any atom is -0.372 e. The summed E-state index contributed by atoms with van der Waals surface area (Å²) in [5, 5.41) is 6.59. The number of nitrogens with zero attached hydrogens (tertiary/aromatic N) is 2. The monoisotopic (exact) mass is 476 g/mol. The quantitative estimate of drug-likeness (QED) is 0.444. The standard InChI is InChI=1S/C27H32N4O2S/c1-5-31(6-2)20-14-15-22(18(4)16-20)28-26(33)21-8-7-9-23-24(21)29-27(34-23)30-25(32)19-12-10-17(3)11-13-19/h10-16,21H,5-9H2,1-4H3,(H,28,33)(H,29,30,32). The van der Waals surface area contributed by atoms with E-state index in [1.807, 2.05) is 44.2 Å². The minimum atomic E-state index is -0.313.